The molecular weight excluding hydrogens is 718 g/mol. The van der Waals surface area contributed by atoms with E-state index in [1.54, 1.807) is 36.4 Å². The third kappa shape index (κ3) is 8.51. The fourth-order valence-electron chi connectivity index (χ4n) is 3.79. The van der Waals surface area contributed by atoms with E-state index in [0.29, 0.717) is 36.5 Å². The number of carbonyl (C=O) groups excluding carboxylic acids is 2. The maximum atomic E-state index is 12.6. The highest BCUT2D eigenvalue weighted by Gasteiger charge is 2.12. The van der Waals surface area contributed by atoms with E-state index in [-0.39, 0.29) is 18.4 Å². The highest BCUT2D eigenvalue weighted by atomic mass is 79.9. The van der Waals surface area contributed by atoms with Crippen molar-refractivity contribution in [3.8, 4) is 17.0 Å². The van der Waals surface area contributed by atoms with Gasteiger partial charge in [0.1, 0.15) is 5.75 Å². The van der Waals surface area contributed by atoms with Crippen LogP contribution in [0, 0.1) is 0 Å². The number of hydrogen-bond donors (Lipinski definition) is 3. The number of nitrogens with zero attached hydrogens (tertiary/aromatic N) is 2. The molecule has 2 amide bonds. The number of benzene rings is 4. The Morgan fingerprint density at radius 1 is 0.930 bits per heavy atom. The van der Waals surface area contributed by atoms with E-state index >= 15 is 0 Å². The summed E-state index contributed by atoms with van der Waals surface area (Å²) in [7, 11) is 0. The average molecular weight is 740 g/mol. The van der Waals surface area contributed by atoms with E-state index < -0.39 is 0 Å². The van der Waals surface area contributed by atoms with Crippen LogP contribution in [0.3, 0.4) is 0 Å². The summed E-state index contributed by atoms with van der Waals surface area (Å²) in [6.45, 7) is -0.168. The minimum Gasteiger partial charge on any atom is -0.481 e. The van der Waals surface area contributed by atoms with Crippen molar-refractivity contribution in [2.24, 2.45) is 5.10 Å². The predicted octanol–water partition coefficient (Wildman–Crippen LogP) is 8.51. The van der Waals surface area contributed by atoms with Gasteiger partial charge in [0.15, 0.2) is 11.7 Å². The van der Waals surface area contributed by atoms with E-state index in [9.17, 15) is 9.59 Å². The molecule has 0 saturated heterocycles. The molecule has 0 radical (unpaired) electrons. The molecule has 216 valence electrons. The van der Waals surface area contributed by atoms with Crippen molar-refractivity contribution in [2.75, 3.05) is 17.2 Å². The molecule has 0 atom stereocenters. The van der Waals surface area contributed by atoms with Crippen LogP contribution in [-0.4, -0.2) is 29.6 Å². The van der Waals surface area contributed by atoms with Gasteiger partial charge >= 0.3 is 0 Å². The molecule has 12 heteroatoms. The Labute approximate surface area is 273 Å². The van der Waals surface area contributed by atoms with Crippen LogP contribution < -0.4 is 20.8 Å². The van der Waals surface area contributed by atoms with Crippen LogP contribution >= 0.6 is 54.8 Å². The lowest BCUT2D eigenvalue weighted by Crippen LogP contribution is -2.20. The normalized spacial score (nSPS) is 10.9. The van der Waals surface area contributed by atoms with Gasteiger partial charge in [-0.05, 0) is 98.1 Å². The van der Waals surface area contributed by atoms with Gasteiger partial charge in [-0.2, -0.15) is 5.10 Å². The number of hydrazone groups is 1. The van der Waals surface area contributed by atoms with Crippen molar-refractivity contribution in [1.29, 1.82) is 0 Å². The molecule has 0 fully saturated rings. The number of hydrogen-bond acceptors (Lipinski definition) is 7. The zero-order valence-electron chi connectivity index (χ0n) is 22.2. The van der Waals surface area contributed by atoms with Crippen molar-refractivity contribution in [1.82, 2.24) is 10.4 Å². The molecule has 5 aromatic rings. The summed E-state index contributed by atoms with van der Waals surface area (Å²) in [5, 5.41) is 13.5. The Morgan fingerprint density at radius 3 is 2.33 bits per heavy atom. The number of para-hydroxylation sites is 1. The molecule has 0 aliphatic rings. The number of aromatic nitrogens is 1. The van der Waals surface area contributed by atoms with Crippen LogP contribution in [0.1, 0.15) is 15.9 Å². The average Bonchev–Trinajstić information content (AvgIpc) is 3.47. The number of nitrogens with one attached hydrogen (secondary N) is 3. The largest absolute Gasteiger partial charge is 0.481 e. The third-order valence-corrected chi connectivity index (χ3v) is 8.04. The van der Waals surface area contributed by atoms with Crippen LogP contribution in [0.5, 0.6) is 5.75 Å². The molecule has 0 spiro atoms. The second kappa shape index (κ2) is 14.4. The molecule has 0 aliphatic heterocycles. The molecule has 3 N–H and O–H groups in total. The standard InChI is InChI=1S/C31H22Br2ClN5O3S/c32-25-14-19(15-26(33)29(25)42-17-28(40)36-23-4-2-1-3-5-23)16-35-39-30(41)21-8-6-20(7-9-21)27-18-43-31(38-27)37-24-12-10-22(34)11-13-24/h1-16,18H,17H2,(H,36,40)(H,37,38)(H,39,41)/b35-16-. The van der Waals surface area contributed by atoms with Crippen LogP contribution in [0.4, 0.5) is 16.5 Å². The van der Waals surface area contributed by atoms with Crippen LogP contribution in [0.2, 0.25) is 5.02 Å². The first-order chi connectivity index (χ1) is 20.8. The zero-order chi connectivity index (χ0) is 30.2. The first-order valence-corrected chi connectivity index (χ1v) is 15.6. The monoisotopic (exact) mass is 737 g/mol. The zero-order valence-corrected chi connectivity index (χ0v) is 26.9. The Balaban J connectivity index is 1.14. The molecular formula is C31H22Br2ClN5O3S. The number of thiazole rings is 1. The smallest absolute Gasteiger partial charge is 0.271 e. The molecule has 0 saturated carbocycles. The molecule has 4 aromatic carbocycles. The van der Waals surface area contributed by atoms with Crippen molar-refractivity contribution in [3.63, 3.8) is 0 Å². The van der Waals surface area contributed by atoms with Gasteiger partial charge in [-0.25, -0.2) is 10.4 Å². The number of rotatable bonds is 10. The number of anilines is 3. The summed E-state index contributed by atoms with van der Waals surface area (Å²) in [5.41, 5.74) is 6.96. The fourth-order valence-corrected chi connectivity index (χ4v) is 6.11. The van der Waals surface area contributed by atoms with E-state index in [4.69, 9.17) is 16.3 Å². The third-order valence-electron chi connectivity index (χ3n) is 5.85. The van der Waals surface area contributed by atoms with Crippen molar-refractivity contribution in [3.05, 3.63) is 121 Å². The highest BCUT2D eigenvalue weighted by Crippen LogP contribution is 2.34. The summed E-state index contributed by atoms with van der Waals surface area (Å²) < 4.78 is 6.93. The Kier molecular flexibility index (Phi) is 10.2. The summed E-state index contributed by atoms with van der Waals surface area (Å²) >= 11 is 14.4. The molecule has 0 aliphatic carbocycles. The summed E-state index contributed by atoms with van der Waals surface area (Å²) in [4.78, 5) is 29.5. The van der Waals surface area contributed by atoms with Crippen LogP contribution in [0.25, 0.3) is 11.3 Å². The Hall–Kier alpha value is -4.03. The van der Waals surface area contributed by atoms with E-state index in [1.165, 1.54) is 17.6 Å². The predicted molar refractivity (Wildman–Crippen MR) is 180 cm³/mol. The summed E-state index contributed by atoms with van der Waals surface area (Å²) in [5.74, 6) is -0.167. The van der Waals surface area contributed by atoms with Crippen LogP contribution in [-0.2, 0) is 4.79 Å². The highest BCUT2D eigenvalue weighted by molar-refractivity contribution is 9.11. The molecule has 5 rings (SSSR count). The second-order valence-corrected chi connectivity index (χ2v) is 12.0. The van der Waals surface area contributed by atoms with Gasteiger partial charge in [0.25, 0.3) is 11.8 Å². The Morgan fingerprint density at radius 2 is 1.63 bits per heavy atom. The van der Waals surface area contributed by atoms with E-state index in [1.807, 2.05) is 60.0 Å². The quantitative estimate of drug-likeness (QED) is 0.0985. The molecule has 1 heterocycles. The van der Waals surface area contributed by atoms with Gasteiger partial charge < -0.3 is 15.4 Å². The molecule has 43 heavy (non-hydrogen) atoms. The topological polar surface area (TPSA) is 105 Å². The second-order valence-electron chi connectivity index (χ2n) is 8.96. The van der Waals surface area contributed by atoms with Crippen molar-refractivity contribution in [2.45, 2.75) is 0 Å². The molecule has 8 nitrogen and oxygen atoms in total. The number of ether oxygens (including phenoxy) is 1. The molecule has 0 unspecified atom stereocenters. The van der Waals surface area contributed by atoms with Crippen molar-refractivity contribution >= 4 is 89.3 Å². The van der Waals surface area contributed by atoms with Gasteiger partial charge in [0.05, 0.1) is 20.9 Å². The van der Waals surface area contributed by atoms with Gasteiger partial charge in [0, 0.05) is 32.9 Å². The van der Waals surface area contributed by atoms with Gasteiger partial charge in [-0.3, -0.25) is 9.59 Å². The molecule has 0 bridgehead atoms. The van der Waals surface area contributed by atoms with Gasteiger partial charge in [-0.15, -0.1) is 11.3 Å². The number of carbonyl (C=O) groups is 2. The minimum absolute atomic E-state index is 0.168. The minimum atomic E-state index is -0.353. The van der Waals surface area contributed by atoms with Gasteiger partial charge in [-0.1, -0.05) is 41.9 Å². The summed E-state index contributed by atoms with van der Waals surface area (Å²) in [6.07, 6.45) is 1.51. The van der Waals surface area contributed by atoms with Crippen LogP contribution in [0.15, 0.2) is 110 Å². The molecule has 1 aromatic heterocycles. The first-order valence-electron chi connectivity index (χ1n) is 12.7. The Bertz CT molecular complexity index is 1740. The van der Waals surface area contributed by atoms with E-state index in [0.717, 1.165) is 22.1 Å². The lowest BCUT2D eigenvalue weighted by Gasteiger charge is -2.11. The first kappa shape index (κ1) is 30.4. The maximum Gasteiger partial charge on any atom is 0.271 e. The van der Waals surface area contributed by atoms with Crippen molar-refractivity contribution < 1.29 is 14.3 Å². The number of halogens is 3. The van der Waals surface area contributed by atoms with E-state index in [2.05, 4.69) is 58.0 Å². The lowest BCUT2D eigenvalue weighted by atomic mass is 10.1. The fraction of sp³-hybridized carbons (Fsp3) is 0.0323. The lowest BCUT2D eigenvalue weighted by molar-refractivity contribution is -0.118. The SMILES string of the molecule is O=C(COc1c(Br)cc(/C=N\NC(=O)c2ccc(-c3csc(Nc4ccc(Cl)cc4)n3)cc2)cc1Br)Nc1ccccc1. The van der Waals surface area contributed by atoms with Gasteiger partial charge in [0.2, 0.25) is 0 Å². The summed E-state index contributed by atoms with van der Waals surface area (Å²) in [6, 6.07) is 27.2. The maximum absolute atomic E-state index is 12.6. The number of amides is 2.